The highest BCUT2D eigenvalue weighted by molar-refractivity contribution is 7.45. The first-order valence-corrected chi connectivity index (χ1v) is 37.1. The van der Waals surface area contributed by atoms with Gasteiger partial charge >= 0.3 is 5.97 Å². The number of amides is 1. The third-order valence-electron chi connectivity index (χ3n) is 16.4. The fourth-order valence-electron chi connectivity index (χ4n) is 10.9. The highest BCUT2D eigenvalue weighted by atomic mass is 31.2. The second-order valence-electron chi connectivity index (χ2n) is 25.7. The summed E-state index contributed by atoms with van der Waals surface area (Å²) in [6.45, 7) is 6.90. The Morgan fingerprint density at radius 1 is 0.420 bits per heavy atom. The van der Waals surface area contributed by atoms with E-state index in [0.717, 1.165) is 57.8 Å². The van der Waals surface area contributed by atoms with Crippen molar-refractivity contribution in [3.05, 3.63) is 24.3 Å². The number of esters is 1. The minimum atomic E-state index is -4.70. The molecule has 0 heterocycles. The topological polar surface area (TPSA) is 114 Å². The van der Waals surface area contributed by atoms with Gasteiger partial charge in [0.2, 0.25) is 5.91 Å². The number of nitrogens with one attached hydrogen (secondary N) is 1. The number of nitrogens with zero attached hydrogens (tertiary/aromatic N) is 1. The van der Waals surface area contributed by atoms with Crippen LogP contribution in [0.1, 0.15) is 367 Å². The van der Waals surface area contributed by atoms with Crippen LogP contribution in [0.2, 0.25) is 0 Å². The summed E-state index contributed by atoms with van der Waals surface area (Å²) in [5.41, 5.74) is 0. The molecule has 81 heavy (non-hydrogen) atoms. The lowest BCUT2D eigenvalue weighted by molar-refractivity contribution is -0.870. The number of quaternary nitrogens is 1. The van der Waals surface area contributed by atoms with Gasteiger partial charge in [0, 0.05) is 12.8 Å². The molecule has 3 unspecified atom stereocenters. The summed E-state index contributed by atoms with van der Waals surface area (Å²) < 4.78 is 30.4. The number of phosphoric ester groups is 1. The maximum atomic E-state index is 13.6. The molecule has 0 saturated carbocycles. The molecule has 0 aliphatic rings. The maximum Gasteiger partial charge on any atom is 0.306 e. The molecule has 1 N–H and O–H groups in total. The normalized spacial score (nSPS) is 13.6. The van der Waals surface area contributed by atoms with E-state index in [0.29, 0.717) is 17.4 Å². The summed E-state index contributed by atoms with van der Waals surface area (Å²) in [4.78, 5) is 40.1. The van der Waals surface area contributed by atoms with Gasteiger partial charge in [0.05, 0.1) is 33.8 Å². The van der Waals surface area contributed by atoms with E-state index >= 15 is 0 Å². The first-order valence-electron chi connectivity index (χ1n) is 35.6. The Morgan fingerprint density at radius 3 is 1.05 bits per heavy atom. The quantitative estimate of drug-likeness (QED) is 0.0212. The molecule has 0 fully saturated rings. The second-order valence-corrected chi connectivity index (χ2v) is 27.2. The number of allylic oxidation sites excluding steroid dienone is 3. The first kappa shape index (κ1) is 79.5. The van der Waals surface area contributed by atoms with Crippen molar-refractivity contribution in [3.8, 4) is 0 Å². The highest BCUT2D eigenvalue weighted by Crippen LogP contribution is 2.38. The van der Waals surface area contributed by atoms with Crippen LogP contribution < -0.4 is 10.2 Å². The number of hydrogen-bond donors (Lipinski definition) is 1. The predicted molar refractivity (Wildman–Crippen MR) is 349 cm³/mol. The van der Waals surface area contributed by atoms with Crippen LogP contribution in [0.25, 0.3) is 0 Å². The average molecular weight is 1160 g/mol. The molecule has 0 rings (SSSR count). The van der Waals surface area contributed by atoms with Crippen LogP contribution in [0.15, 0.2) is 24.3 Å². The molecule has 0 saturated heterocycles. The number of unbranched alkanes of at least 4 members (excludes halogenated alkanes) is 48. The SMILES string of the molecule is CCCCCCCC/C=C/CCCCCCCCCCCCCCCC(=O)OC(/C=C/CCCCCCCCCCC)C(COP(=O)([O-])OCC[N+](C)(C)C)NC(=O)CCCCCCCCCCCCCCCCCCCCCCC. The average Bonchev–Trinajstić information content (AvgIpc) is 3.44. The summed E-state index contributed by atoms with van der Waals surface area (Å²) in [7, 11) is 1.21. The minimum absolute atomic E-state index is 0.0180. The zero-order valence-electron chi connectivity index (χ0n) is 55.0. The van der Waals surface area contributed by atoms with E-state index < -0.39 is 20.0 Å². The summed E-state index contributed by atoms with van der Waals surface area (Å²) in [5.74, 6) is -0.519. The molecule has 10 heteroatoms. The highest BCUT2D eigenvalue weighted by Gasteiger charge is 2.27. The second kappa shape index (κ2) is 61.6. The monoisotopic (exact) mass is 1160 g/mol. The third-order valence-corrected chi connectivity index (χ3v) is 17.3. The van der Waals surface area contributed by atoms with E-state index in [1.54, 1.807) is 0 Å². The van der Waals surface area contributed by atoms with Gasteiger partial charge in [-0.05, 0) is 57.4 Å². The van der Waals surface area contributed by atoms with E-state index in [-0.39, 0.29) is 31.5 Å². The number of phosphoric acid groups is 1. The van der Waals surface area contributed by atoms with Gasteiger partial charge in [0.25, 0.3) is 7.82 Å². The minimum Gasteiger partial charge on any atom is -0.756 e. The lowest BCUT2D eigenvalue weighted by atomic mass is 10.0. The zero-order valence-corrected chi connectivity index (χ0v) is 55.9. The summed E-state index contributed by atoms with van der Waals surface area (Å²) in [6, 6.07) is -0.883. The first-order chi connectivity index (χ1) is 39.4. The third kappa shape index (κ3) is 62.8. The smallest absolute Gasteiger partial charge is 0.306 e. The zero-order chi connectivity index (χ0) is 59.3. The van der Waals surface area contributed by atoms with Crippen molar-refractivity contribution in [1.29, 1.82) is 0 Å². The van der Waals surface area contributed by atoms with Crippen molar-refractivity contribution in [2.75, 3.05) is 40.9 Å². The maximum absolute atomic E-state index is 13.6. The molecular weight excluding hydrogens is 1020 g/mol. The summed E-state index contributed by atoms with van der Waals surface area (Å²) >= 11 is 0. The van der Waals surface area contributed by atoms with Crippen molar-refractivity contribution in [2.45, 2.75) is 380 Å². The number of carbonyl (C=O) groups is 2. The Morgan fingerprint density at radius 2 is 0.716 bits per heavy atom. The summed E-state index contributed by atoms with van der Waals surface area (Å²) in [6.07, 6.45) is 74.5. The molecule has 1 amide bonds. The van der Waals surface area contributed by atoms with E-state index in [4.69, 9.17) is 13.8 Å². The predicted octanol–water partition coefficient (Wildman–Crippen LogP) is 21.8. The van der Waals surface area contributed by atoms with Crippen LogP contribution in [0.5, 0.6) is 0 Å². The van der Waals surface area contributed by atoms with E-state index in [9.17, 15) is 19.0 Å². The fourth-order valence-corrected chi connectivity index (χ4v) is 11.6. The Labute approximate surface area is 504 Å². The molecule has 0 aliphatic heterocycles. The molecule has 0 aromatic carbocycles. The molecular formula is C71H139N2O7P. The van der Waals surface area contributed by atoms with Gasteiger partial charge in [-0.1, -0.05) is 322 Å². The number of ether oxygens (including phenoxy) is 1. The largest absolute Gasteiger partial charge is 0.756 e. The Kier molecular flexibility index (Phi) is 60.4. The van der Waals surface area contributed by atoms with Crippen molar-refractivity contribution in [3.63, 3.8) is 0 Å². The fraction of sp³-hybridized carbons (Fsp3) is 0.915. The number of carbonyl (C=O) groups excluding carboxylic acids is 2. The molecule has 480 valence electrons. The van der Waals surface area contributed by atoms with Gasteiger partial charge in [-0.3, -0.25) is 14.2 Å². The van der Waals surface area contributed by atoms with Crippen molar-refractivity contribution < 1.29 is 37.3 Å². The lowest BCUT2D eigenvalue weighted by Gasteiger charge is -2.30. The standard InChI is InChI=1S/C71H139N2O7P/c1-7-10-13-16-19-22-25-27-29-31-33-35-36-38-40-42-44-46-49-52-55-58-61-64-71(75)80-69(62-59-56-53-50-47-24-21-18-15-12-9-3)68(67-79-81(76,77)78-66-65-73(4,5)6)72-70(74)63-60-57-54-51-48-45-43-41-39-37-34-32-30-28-26-23-20-17-14-11-8-2/h27,29,59,62,68-69H,7-26,28,30-58,60-61,63-67H2,1-6H3,(H-,72,74,76,77)/b29-27+,62-59+. The van der Waals surface area contributed by atoms with Gasteiger partial charge in [-0.25, -0.2) is 0 Å². The Hall–Kier alpha value is -1.51. The van der Waals surface area contributed by atoms with Crippen LogP contribution in [-0.2, 0) is 27.9 Å². The van der Waals surface area contributed by atoms with Crippen LogP contribution >= 0.6 is 7.82 Å². The number of hydrogen-bond acceptors (Lipinski definition) is 7. The van der Waals surface area contributed by atoms with Crippen LogP contribution in [-0.4, -0.2) is 69.4 Å². The van der Waals surface area contributed by atoms with Gasteiger partial charge < -0.3 is 28.5 Å². The molecule has 0 radical (unpaired) electrons. The van der Waals surface area contributed by atoms with E-state index in [2.05, 4.69) is 38.2 Å². The Balaban J connectivity index is 5.00. The Bertz CT molecular complexity index is 1430. The van der Waals surface area contributed by atoms with E-state index in [1.165, 1.54) is 276 Å². The molecule has 0 aromatic rings. The van der Waals surface area contributed by atoms with Gasteiger partial charge in [-0.15, -0.1) is 0 Å². The summed E-state index contributed by atoms with van der Waals surface area (Å²) in [5, 5.41) is 3.05. The molecule has 3 atom stereocenters. The molecule has 0 aliphatic carbocycles. The van der Waals surface area contributed by atoms with Crippen LogP contribution in [0.4, 0.5) is 0 Å². The van der Waals surface area contributed by atoms with Gasteiger partial charge in [-0.2, -0.15) is 0 Å². The molecule has 9 nitrogen and oxygen atoms in total. The molecule has 0 aromatic heterocycles. The van der Waals surface area contributed by atoms with Gasteiger partial charge in [0.15, 0.2) is 0 Å². The van der Waals surface area contributed by atoms with Crippen molar-refractivity contribution >= 4 is 19.7 Å². The lowest BCUT2D eigenvalue weighted by Crippen LogP contribution is -2.47. The van der Waals surface area contributed by atoms with Crippen molar-refractivity contribution in [1.82, 2.24) is 5.32 Å². The number of rotatable bonds is 66. The number of likely N-dealkylation sites (N-methyl/N-ethyl adjacent to an activating group) is 1. The van der Waals surface area contributed by atoms with Crippen molar-refractivity contribution in [2.24, 2.45) is 0 Å². The molecule has 0 spiro atoms. The van der Waals surface area contributed by atoms with Crippen LogP contribution in [0.3, 0.4) is 0 Å². The van der Waals surface area contributed by atoms with Crippen LogP contribution in [0, 0.1) is 0 Å². The molecule has 0 bridgehead atoms. The van der Waals surface area contributed by atoms with Gasteiger partial charge in [0.1, 0.15) is 19.3 Å². The van der Waals surface area contributed by atoms with E-state index in [1.807, 2.05) is 33.3 Å².